The Labute approximate surface area is 94.7 Å². The minimum atomic E-state index is -0.379. The summed E-state index contributed by atoms with van der Waals surface area (Å²) < 4.78 is 0. The molecule has 0 unspecified atom stereocenters. The van der Waals surface area contributed by atoms with E-state index in [-0.39, 0.29) is 5.91 Å². The van der Waals surface area contributed by atoms with Crippen LogP contribution in [0.2, 0.25) is 0 Å². The third-order valence-corrected chi connectivity index (χ3v) is 2.61. The quantitative estimate of drug-likeness (QED) is 0.815. The van der Waals surface area contributed by atoms with Crippen molar-refractivity contribution in [2.75, 3.05) is 0 Å². The number of aryl methyl sites for hydroxylation is 1. The lowest BCUT2D eigenvalue weighted by Crippen LogP contribution is -2.12. The van der Waals surface area contributed by atoms with E-state index in [2.05, 4.69) is 0 Å². The lowest BCUT2D eigenvalue weighted by molar-refractivity contribution is 0.1000. The van der Waals surface area contributed by atoms with E-state index in [4.69, 9.17) is 5.73 Å². The van der Waals surface area contributed by atoms with Gasteiger partial charge in [0.05, 0.1) is 0 Å². The monoisotopic (exact) mass is 211 g/mol. The maximum Gasteiger partial charge on any atom is 0.248 e. The van der Waals surface area contributed by atoms with E-state index >= 15 is 0 Å². The molecule has 0 aromatic heterocycles. The molecule has 16 heavy (non-hydrogen) atoms. The van der Waals surface area contributed by atoms with E-state index in [0.29, 0.717) is 5.56 Å². The Morgan fingerprint density at radius 1 is 1.00 bits per heavy atom. The summed E-state index contributed by atoms with van der Waals surface area (Å²) in [6.45, 7) is 1.88. The smallest absolute Gasteiger partial charge is 0.248 e. The molecule has 0 atom stereocenters. The zero-order valence-corrected chi connectivity index (χ0v) is 9.10. The zero-order chi connectivity index (χ0) is 11.5. The summed E-state index contributed by atoms with van der Waals surface area (Å²) >= 11 is 0. The van der Waals surface area contributed by atoms with Crippen LogP contribution in [-0.2, 0) is 0 Å². The molecule has 0 aliphatic heterocycles. The first-order chi connectivity index (χ1) is 7.68. The highest BCUT2D eigenvalue weighted by atomic mass is 16.1. The van der Waals surface area contributed by atoms with Crippen LogP contribution in [0.5, 0.6) is 0 Å². The fraction of sp³-hybridized carbons (Fsp3) is 0.0714. The Bertz CT molecular complexity index is 518. The average molecular weight is 211 g/mol. The van der Waals surface area contributed by atoms with Gasteiger partial charge in [-0.25, -0.2) is 0 Å². The molecule has 2 rings (SSSR count). The van der Waals surface area contributed by atoms with Crippen molar-refractivity contribution >= 4 is 5.91 Å². The number of carbonyl (C=O) groups excluding carboxylic acids is 1. The zero-order valence-electron chi connectivity index (χ0n) is 9.10. The minimum Gasteiger partial charge on any atom is -0.366 e. The van der Waals surface area contributed by atoms with Gasteiger partial charge in [0.1, 0.15) is 0 Å². The molecule has 2 heteroatoms. The van der Waals surface area contributed by atoms with Crippen LogP contribution >= 0.6 is 0 Å². The van der Waals surface area contributed by atoms with Crippen LogP contribution in [0.1, 0.15) is 15.9 Å². The van der Waals surface area contributed by atoms with Crippen LogP contribution in [0, 0.1) is 6.92 Å². The maximum absolute atomic E-state index is 11.2. The molecule has 2 nitrogen and oxygen atoms in total. The van der Waals surface area contributed by atoms with E-state index in [9.17, 15) is 4.79 Å². The maximum atomic E-state index is 11.2. The number of carbonyl (C=O) groups is 1. The molecule has 2 N–H and O–H groups in total. The molecule has 0 spiro atoms. The second kappa shape index (κ2) is 4.19. The Hall–Kier alpha value is -2.09. The SMILES string of the molecule is Cc1ccc(-c2ccccc2)cc1C(N)=O. The van der Waals surface area contributed by atoms with Gasteiger partial charge in [0.2, 0.25) is 5.91 Å². The molecule has 2 aromatic carbocycles. The third kappa shape index (κ3) is 1.96. The largest absolute Gasteiger partial charge is 0.366 e. The molecule has 0 aliphatic carbocycles. The van der Waals surface area contributed by atoms with Gasteiger partial charge in [-0.1, -0.05) is 42.5 Å². The van der Waals surface area contributed by atoms with Gasteiger partial charge in [-0.2, -0.15) is 0 Å². The number of benzene rings is 2. The summed E-state index contributed by atoms with van der Waals surface area (Å²) in [7, 11) is 0. The van der Waals surface area contributed by atoms with Crippen molar-refractivity contribution in [1.82, 2.24) is 0 Å². The standard InChI is InChI=1S/C14H13NO/c1-10-7-8-12(9-13(10)14(15)16)11-5-3-2-4-6-11/h2-9H,1H3,(H2,15,16). The van der Waals surface area contributed by atoms with Crippen molar-refractivity contribution < 1.29 is 4.79 Å². The second-order valence-electron chi connectivity index (χ2n) is 3.76. The Balaban J connectivity index is 2.52. The van der Waals surface area contributed by atoms with Crippen LogP contribution in [-0.4, -0.2) is 5.91 Å². The molecule has 80 valence electrons. The number of rotatable bonds is 2. The van der Waals surface area contributed by atoms with Crippen molar-refractivity contribution in [1.29, 1.82) is 0 Å². The van der Waals surface area contributed by atoms with Crippen LogP contribution in [0.4, 0.5) is 0 Å². The van der Waals surface area contributed by atoms with E-state index in [0.717, 1.165) is 16.7 Å². The van der Waals surface area contributed by atoms with E-state index in [1.54, 1.807) is 0 Å². The lowest BCUT2D eigenvalue weighted by atomic mass is 9.99. The third-order valence-electron chi connectivity index (χ3n) is 2.61. The first-order valence-corrected chi connectivity index (χ1v) is 5.14. The summed E-state index contributed by atoms with van der Waals surface area (Å²) in [6.07, 6.45) is 0. The Morgan fingerprint density at radius 3 is 2.31 bits per heavy atom. The summed E-state index contributed by atoms with van der Waals surface area (Å²) in [6, 6.07) is 15.7. The molecule has 0 heterocycles. The summed E-state index contributed by atoms with van der Waals surface area (Å²) in [5.41, 5.74) is 8.92. The molecule has 1 amide bonds. The molecule has 0 saturated carbocycles. The Morgan fingerprint density at radius 2 is 1.69 bits per heavy atom. The van der Waals surface area contributed by atoms with E-state index < -0.39 is 0 Å². The highest BCUT2D eigenvalue weighted by Crippen LogP contribution is 2.21. The van der Waals surface area contributed by atoms with Gasteiger partial charge in [-0.3, -0.25) is 4.79 Å². The predicted molar refractivity (Wildman–Crippen MR) is 65.1 cm³/mol. The average Bonchev–Trinajstić information content (AvgIpc) is 2.30. The summed E-state index contributed by atoms with van der Waals surface area (Å²) in [4.78, 5) is 11.2. The van der Waals surface area contributed by atoms with Crippen LogP contribution < -0.4 is 5.73 Å². The molecule has 0 aliphatic rings. The van der Waals surface area contributed by atoms with Gasteiger partial charge in [-0.15, -0.1) is 0 Å². The molecule has 0 saturated heterocycles. The topological polar surface area (TPSA) is 43.1 Å². The minimum absolute atomic E-state index is 0.379. The van der Waals surface area contributed by atoms with Crippen LogP contribution in [0.25, 0.3) is 11.1 Å². The number of amides is 1. The van der Waals surface area contributed by atoms with Gasteiger partial charge in [0.25, 0.3) is 0 Å². The number of nitrogens with two attached hydrogens (primary N) is 1. The van der Waals surface area contributed by atoms with Crippen molar-refractivity contribution in [2.24, 2.45) is 5.73 Å². The van der Waals surface area contributed by atoms with Gasteiger partial charge in [0, 0.05) is 5.56 Å². The van der Waals surface area contributed by atoms with Gasteiger partial charge >= 0.3 is 0 Å². The fourth-order valence-corrected chi connectivity index (χ4v) is 1.70. The Kier molecular flexibility index (Phi) is 2.73. The molecular weight excluding hydrogens is 198 g/mol. The van der Waals surface area contributed by atoms with Crippen molar-refractivity contribution in [2.45, 2.75) is 6.92 Å². The molecule has 0 fully saturated rings. The van der Waals surface area contributed by atoms with Gasteiger partial charge < -0.3 is 5.73 Å². The number of hydrogen-bond acceptors (Lipinski definition) is 1. The lowest BCUT2D eigenvalue weighted by Gasteiger charge is -2.06. The van der Waals surface area contributed by atoms with Gasteiger partial charge in [0.15, 0.2) is 0 Å². The number of primary amides is 1. The number of hydrogen-bond donors (Lipinski definition) is 1. The highest BCUT2D eigenvalue weighted by Gasteiger charge is 2.06. The van der Waals surface area contributed by atoms with Crippen LogP contribution in [0.15, 0.2) is 48.5 Å². The molecular formula is C14H13NO. The highest BCUT2D eigenvalue weighted by molar-refractivity contribution is 5.95. The van der Waals surface area contributed by atoms with Crippen molar-refractivity contribution in [3.8, 4) is 11.1 Å². The molecule has 0 radical (unpaired) electrons. The first-order valence-electron chi connectivity index (χ1n) is 5.14. The molecule has 2 aromatic rings. The summed E-state index contributed by atoms with van der Waals surface area (Å²) in [5.74, 6) is -0.379. The predicted octanol–water partition coefficient (Wildman–Crippen LogP) is 2.76. The molecule has 0 bridgehead atoms. The second-order valence-corrected chi connectivity index (χ2v) is 3.76. The normalized spacial score (nSPS) is 10.1. The first kappa shape index (κ1) is 10.4. The van der Waals surface area contributed by atoms with Crippen molar-refractivity contribution in [3.05, 3.63) is 59.7 Å². The van der Waals surface area contributed by atoms with E-state index in [1.807, 2.05) is 55.5 Å². The van der Waals surface area contributed by atoms with Crippen LogP contribution in [0.3, 0.4) is 0 Å². The van der Waals surface area contributed by atoms with E-state index in [1.165, 1.54) is 0 Å². The summed E-state index contributed by atoms with van der Waals surface area (Å²) in [5, 5.41) is 0. The van der Waals surface area contributed by atoms with Crippen molar-refractivity contribution in [3.63, 3.8) is 0 Å². The van der Waals surface area contributed by atoms with Gasteiger partial charge in [-0.05, 0) is 29.7 Å². The fourth-order valence-electron chi connectivity index (χ4n) is 1.70.